The smallest absolute Gasteiger partial charge is 0.295 e. The second-order valence-corrected chi connectivity index (χ2v) is 4.69. The van der Waals surface area contributed by atoms with Crippen LogP contribution in [0.3, 0.4) is 0 Å². The molecule has 1 aromatic rings. The first-order chi connectivity index (χ1) is 9.54. The highest BCUT2D eigenvalue weighted by Crippen LogP contribution is 2.35. The third kappa shape index (κ3) is 2.55. The Bertz CT molecular complexity index is 609. The van der Waals surface area contributed by atoms with Crippen molar-refractivity contribution in [1.82, 2.24) is 0 Å². The third-order valence-electron chi connectivity index (χ3n) is 3.30. The minimum atomic E-state index is -0.474. The van der Waals surface area contributed by atoms with Gasteiger partial charge in [0.2, 0.25) is 5.91 Å². The van der Waals surface area contributed by atoms with Crippen molar-refractivity contribution >= 4 is 17.3 Å². The molecule has 0 N–H and O–H groups in total. The zero-order chi connectivity index (χ0) is 14.7. The van der Waals surface area contributed by atoms with E-state index >= 15 is 0 Å². The molecule has 1 saturated heterocycles. The molecule has 1 fully saturated rings. The molecule has 1 aliphatic rings. The van der Waals surface area contributed by atoms with E-state index in [-0.39, 0.29) is 30.5 Å². The van der Waals surface area contributed by atoms with Gasteiger partial charge >= 0.3 is 0 Å². The Hall–Kier alpha value is -2.60. The van der Waals surface area contributed by atoms with Crippen molar-refractivity contribution in [3.05, 3.63) is 44.3 Å². The van der Waals surface area contributed by atoms with Gasteiger partial charge in [0.15, 0.2) is 0 Å². The van der Waals surface area contributed by atoms with Crippen molar-refractivity contribution in [3.8, 4) is 0 Å². The fraction of sp³-hybridized carbons (Fsp3) is 0.417. The zero-order valence-electron chi connectivity index (χ0n) is 10.9. The predicted molar refractivity (Wildman–Crippen MR) is 72.3 cm³/mol. The van der Waals surface area contributed by atoms with Gasteiger partial charge in [0.25, 0.3) is 5.69 Å². The van der Waals surface area contributed by atoms with E-state index in [2.05, 4.69) is 10.0 Å². The van der Waals surface area contributed by atoms with Gasteiger partial charge in [-0.25, -0.2) is 0 Å². The lowest BCUT2D eigenvalue weighted by Crippen LogP contribution is -2.25. The molecule has 1 amide bonds. The molecule has 0 bridgehead atoms. The maximum Gasteiger partial charge on any atom is 0.295 e. The van der Waals surface area contributed by atoms with Crippen LogP contribution in [0.15, 0.2) is 23.3 Å². The number of carbonyl (C=O) groups excluding carboxylic acids is 1. The summed E-state index contributed by atoms with van der Waals surface area (Å²) < 4.78 is 0. The topological polar surface area (TPSA) is 112 Å². The first-order valence-electron chi connectivity index (χ1n) is 6.09. The normalized spacial score (nSPS) is 17.9. The molecule has 0 saturated carbocycles. The summed E-state index contributed by atoms with van der Waals surface area (Å²) in [4.78, 5) is 26.8. The molecule has 8 heteroatoms. The van der Waals surface area contributed by atoms with Crippen molar-refractivity contribution in [2.24, 2.45) is 11.0 Å². The molecule has 104 valence electrons. The van der Waals surface area contributed by atoms with E-state index in [0.717, 1.165) is 0 Å². The van der Waals surface area contributed by atoms with E-state index in [1.54, 1.807) is 25.1 Å². The molecule has 2 rings (SSSR count). The predicted octanol–water partition coefficient (Wildman–Crippen LogP) is 2.57. The number of anilines is 1. The van der Waals surface area contributed by atoms with Crippen LogP contribution < -0.4 is 4.90 Å². The van der Waals surface area contributed by atoms with Gasteiger partial charge in [-0.2, -0.15) is 0 Å². The zero-order valence-corrected chi connectivity index (χ0v) is 10.9. The Balaban J connectivity index is 2.33. The highest BCUT2D eigenvalue weighted by Gasteiger charge is 2.34. The molecule has 1 heterocycles. The van der Waals surface area contributed by atoms with Crippen molar-refractivity contribution in [2.45, 2.75) is 13.3 Å². The Labute approximate surface area is 114 Å². The summed E-state index contributed by atoms with van der Waals surface area (Å²) in [5.74, 6) is -0.282. The summed E-state index contributed by atoms with van der Waals surface area (Å²) in [6.07, 6.45) is 0.240. The Morgan fingerprint density at radius 2 is 2.35 bits per heavy atom. The Kier molecular flexibility index (Phi) is 3.86. The molecule has 20 heavy (non-hydrogen) atoms. The molecule has 0 spiro atoms. The number of aryl methyl sites for hydroxylation is 1. The lowest BCUT2D eigenvalue weighted by atomic mass is 10.1. The molecule has 0 aromatic heterocycles. The molecule has 0 aliphatic carbocycles. The summed E-state index contributed by atoms with van der Waals surface area (Å²) in [6, 6.07) is 4.89. The fourth-order valence-electron chi connectivity index (χ4n) is 2.39. The van der Waals surface area contributed by atoms with Gasteiger partial charge < -0.3 is 4.90 Å². The van der Waals surface area contributed by atoms with Crippen molar-refractivity contribution in [3.63, 3.8) is 0 Å². The molecule has 1 aromatic carbocycles. The summed E-state index contributed by atoms with van der Waals surface area (Å²) in [6.45, 7) is 2.19. The van der Waals surface area contributed by atoms with E-state index in [1.165, 1.54) is 4.90 Å². The van der Waals surface area contributed by atoms with Crippen LogP contribution in [0, 0.1) is 23.0 Å². The Morgan fingerprint density at radius 3 is 3.00 bits per heavy atom. The van der Waals surface area contributed by atoms with Crippen molar-refractivity contribution in [2.75, 3.05) is 18.0 Å². The summed E-state index contributed by atoms with van der Waals surface area (Å²) >= 11 is 0. The molecule has 1 aliphatic heterocycles. The van der Waals surface area contributed by atoms with Crippen LogP contribution in [0.4, 0.5) is 11.4 Å². The maximum atomic E-state index is 12.0. The molecular formula is C12H13N5O3. The number of azide groups is 1. The van der Waals surface area contributed by atoms with Gasteiger partial charge in [-0.15, -0.1) is 0 Å². The lowest BCUT2D eigenvalue weighted by molar-refractivity contribution is -0.384. The molecule has 0 radical (unpaired) electrons. The quantitative estimate of drug-likeness (QED) is 0.276. The summed E-state index contributed by atoms with van der Waals surface area (Å²) in [5.41, 5.74) is 9.07. The number of hydrogen-bond donors (Lipinski definition) is 0. The molecule has 1 unspecified atom stereocenters. The maximum absolute atomic E-state index is 12.0. The number of nitrogens with zero attached hydrogens (tertiary/aromatic N) is 5. The lowest BCUT2D eigenvalue weighted by Gasteiger charge is -2.17. The number of carbonyl (C=O) groups is 1. The third-order valence-corrected chi connectivity index (χ3v) is 3.30. The molecular weight excluding hydrogens is 262 g/mol. The average molecular weight is 275 g/mol. The van der Waals surface area contributed by atoms with Crippen LogP contribution in [0.2, 0.25) is 0 Å². The van der Waals surface area contributed by atoms with Crippen LogP contribution in [0.5, 0.6) is 0 Å². The number of para-hydroxylation sites is 1. The summed E-state index contributed by atoms with van der Waals surface area (Å²) in [7, 11) is 0. The second-order valence-electron chi connectivity index (χ2n) is 4.69. The highest BCUT2D eigenvalue weighted by atomic mass is 16.6. The molecule has 8 nitrogen and oxygen atoms in total. The molecule has 1 atom stereocenters. The number of amides is 1. The van der Waals surface area contributed by atoms with E-state index in [0.29, 0.717) is 17.8 Å². The summed E-state index contributed by atoms with van der Waals surface area (Å²) in [5, 5.41) is 14.6. The number of nitro benzene ring substituents is 1. The first kappa shape index (κ1) is 13.8. The van der Waals surface area contributed by atoms with Crippen LogP contribution in [-0.4, -0.2) is 23.9 Å². The van der Waals surface area contributed by atoms with Crippen LogP contribution in [-0.2, 0) is 4.79 Å². The average Bonchev–Trinajstić information content (AvgIpc) is 2.76. The van der Waals surface area contributed by atoms with Crippen LogP contribution in [0.25, 0.3) is 10.4 Å². The first-order valence-corrected chi connectivity index (χ1v) is 6.09. The van der Waals surface area contributed by atoms with E-state index in [1.807, 2.05) is 0 Å². The largest absolute Gasteiger partial charge is 0.306 e. The van der Waals surface area contributed by atoms with E-state index in [4.69, 9.17) is 5.53 Å². The number of benzene rings is 1. The van der Waals surface area contributed by atoms with Gasteiger partial charge in [0.05, 0.1) is 4.92 Å². The van der Waals surface area contributed by atoms with Gasteiger partial charge in [-0.1, -0.05) is 17.2 Å². The minimum Gasteiger partial charge on any atom is -0.306 e. The van der Waals surface area contributed by atoms with Crippen molar-refractivity contribution in [1.29, 1.82) is 0 Å². The number of nitro groups is 1. The van der Waals surface area contributed by atoms with Gasteiger partial charge in [0, 0.05) is 30.0 Å². The standard InChI is InChI=1S/C12H13N5O3/c1-8-3-2-4-10(12(8)17(19)20)16-7-9(5-11(16)18)6-14-15-13/h2-4,9H,5-7H2,1H3. The SMILES string of the molecule is Cc1cccc(N2CC(CN=[N+]=[N-])CC2=O)c1[N+](=O)[O-]. The minimum absolute atomic E-state index is 0.0507. The van der Waals surface area contributed by atoms with E-state index < -0.39 is 4.92 Å². The highest BCUT2D eigenvalue weighted by molar-refractivity contribution is 5.98. The number of rotatable bonds is 4. The Morgan fingerprint density at radius 1 is 1.60 bits per heavy atom. The van der Waals surface area contributed by atoms with Gasteiger partial charge in [-0.05, 0) is 24.4 Å². The second kappa shape index (κ2) is 5.58. The van der Waals surface area contributed by atoms with E-state index in [9.17, 15) is 14.9 Å². The van der Waals surface area contributed by atoms with Crippen LogP contribution in [0.1, 0.15) is 12.0 Å². The van der Waals surface area contributed by atoms with Gasteiger partial charge in [0.1, 0.15) is 5.69 Å². The van der Waals surface area contributed by atoms with Gasteiger partial charge in [-0.3, -0.25) is 14.9 Å². The fourth-order valence-corrected chi connectivity index (χ4v) is 2.39. The number of hydrogen-bond acceptors (Lipinski definition) is 4. The van der Waals surface area contributed by atoms with Crippen LogP contribution >= 0.6 is 0 Å². The monoisotopic (exact) mass is 275 g/mol. The van der Waals surface area contributed by atoms with Crippen molar-refractivity contribution < 1.29 is 9.72 Å².